The first-order valence-corrected chi connectivity index (χ1v) is 7.55. The summed E-state index contributed by atoms with van der Waals surface area (Å²) in [5.41, 5.74) is 6.15. The van der Waals surface area contributed by atoms with Gasteiger partial charge in [-0.1, -0.05) is 13.8 Å². The molecule has 0 saturated carbocycles. The van der Waals surface area contributed by atoms with Gasteiger partial charge in [-0.05, 0) is 44.9 Å². The lowest BCUT2D eigenvalue weighted by Gasteiger charge is -2.47. The molecule has 1 saturated heterocycles. The van der Waals surface area contributed by atoms with E-state index in [1.165, 1.54) is 0 Å². The molecule has 1 aliphatic heterocycles. The highest BCUT2D eigenvalue weighted by molar-refractivity contribution is 5.07. The maximum Gasteiger partial charge on any atom is 0.118 e. The van der Waals surface area contributed by atoms with Gasteiger partial charge < -0.3 is 14.9 Å². The van der Waals surface area contributed by atoms with Crippen LogP contribution in [0.25, 0.3) is 0 Å². The van der Waals surface area contributed by atoms with Crippen molar-refractivity contribution in [3.05, 3.63) is 23.7 Å². The predicted molar refractivity (Wildman–Crippen MR) is 80.5 cm³/mol. The fraction of sp³-hybridized carbons (Fsp3) is 0.750. The Morgan fingerprint density at radius 1 is 1.45 bits per heavy atom. The van der Waals surface area contributed by atoms with Gasteiger partial charge in [0.1, 0.15) is 11.5 Å². The largest absolute Gasteiger partial charge is 0.465 e. The molecular formula is C16H28N2O2. The highest BCUT2D eigenvalue weighted by atomic mass is 16.5. The number of furan rings is 1. The molecule has 2 rings (SSSR count). The molecule has 2 unspecified atom stereocenters. The second-order valence-corrected chi connectivity index (χ2v) is 6.40. The molecule has 1 aromatic rings. The molecule has 2 heterocycles. The summed E-state index contributed by atoms with van der Waals surface area (Å²) in [7, 11) is 2.15. The molecule has 0 aromatic carbocycles. The van der Waals surface area contributed by atoms with E-state index >= 15 is 0 Å². The number of nitrogens with two attached hydrogens (primary N) is 1. The number of likely N-dealkylation sites (N-methyl/N-ethyl adjacent to an activating group) is 1. The molecule has 114 valence electrons. The lowest BCUT2D eigenvalue weighted by molar-refractivity contribution is -0.0845. The van der Waals surface area contributed by atoms with Crippen LogP contribution in [-0.4, -0.2) is 36.7 Å². The highest BCUT2D eigenvalue weighted by Gasteiger charge is 2.40. The van der Waals surface area contributed by atoms with Crippen molar-refractivity contribution >= 4 is 0 Å². The Kier molecular flexibility index (Phi) is 4.89. The Hall–Kier alpha value is -0.840. The molecule has 0 spiro atoms. The molecule has 2 N–H and O–H groups in total. The molecule has 0 amide bonds. The van der Waals surface area contributed by atoms with Crippen molar-refractivity contribution in [2.24, 2.45) is 11.7 Å². The Bertz CT molecular complexity index is 430. The van der Waals surface area contributed by atoms with Crippen LogP contribution >= 0.6 is 0 Å². The standard InChI is InChI=1S/C16H28N2O2/c1-12(2)15-9-16(11-17,7-8-19-15)18(4)10-14-6-5-13(3)20-14/h5-6,12,15H,7-11,17H2,1-4H3. The Labute approximate surface area is 122 Å². The van der Waals surface area contributed by atoms with Crippen molar-refractivity contribution in [2.75, 3.05) is 20.2 Å². The summed E-state index contributed by atoms with van der Waals surface area (Å²) >= 11 is 0. The highest BCUT2D eigenvalue weighted by Crippen LogP contribution is 2.33. The van der Waals surface area contributed by atoms with Crippen molar-refractivity contribution < 1.29 is 9.15 Å². The van der Waals surface area contributed by atoms with E-state index in [4.69, 9.17) is 14.9 Å². The van der Waals surface area contributed by atoms with E-state index in [2.05, 4.69) is 31.9 Å². The van der Waals surface area contributed by atoms with Gasteiger partial charge in [-0.25, -0.2) is 0 Å². The van der Waals surface area contributed by atoms with Crippen molar-refractivity contribution in [2.45, 2.75) is 51.8 Å². The minimum Gasteiger partial charge on any atom is -0.465 e. The van der Waals surface area contributed by atoms with Crippen LogP contribution in [0.1, 0.15) is 38.2 Å². The van der Waals surface area contributed by atoms with Crippen molar-refractivity contribution in [1.29, 1.82) is 0 Å². The summed E-state index contributed by atoms with van der Waals surface area (Å²) in [4.78, 5) is 2.35. The van der Waals surface area contributed by atoms with Gasteiger partial charge in [-0.2, -0.15) is 0 Å². The first-order valence-electron chi connectivity index (χ1n) is 7.55. The molecular weight excluding hydrogens is 252 g/mol. The molecule has 0 aliphatic carbocycles. The topological polar surface area (TPSA) is 51.6 Å². The van der Waals surface area contributed by atoms with E-state index in [1.54, 1.807) is 0 Å². The molecule has 4 nitrogen and oxygen atoms in total. The van der Waals surface area contributed by atoms with Crippen molar-refractivity contribution in [3.8, 4) is 0 Å². The summed E-state index contributed by atoms with van der Waals surface area (Å²) in [5.74, 6) is 2.49. The van der Waals surface area contributed by atoms with Crippen LogP contribution in [0.4, 0.5) is 0 Å². The summed E-state index contributed by atoms with van der Waals surface area (Å²) in [6.07, 6.45) is 2.29. The predicted octanol–water partition coefficient (Wildman–Crippen LogP) is 2.55. The fourth-order valence-corrected chi connectivity index (χ4v) is 3.02. The van der Waals surface area contributed by atoms with Gasteiger partial charge in [0.2, 0.25) is 0 Å². The number of rotatable bonds is 5. The van der Waals surface area contributed by atoms with Crippen molar-refractivity contribution in [1.82, 2.24) is 4.90 Å². The first-order chi connectivity index (χ1) is 9.47. The van der Waals surface area contributed by atoms with Crippen molar-refractivity contribution in [3.63, 3.8) is 0 Å². The Morgan fingerprint density at radius 3 is 2.75 bits per heavy atom. The maximum atomic E-state index is 6.13. The average Bonchev–Trinajstić information content (AvgIpc) is 2.84. The summed E-state index contributed by atoms with van der Waals surface area (Å²) in [6.45, 7) is 8.67. The third-order valence-corrected chi connectivity index (χ3v) is 4.60. The average molecular weight is 280 g/mol. The molecule has 20 heavy (non-hydrogen) atoms. The van der Waals surface area contributed by atoms with Gasteiger partial charge >= 0.3 is 0 Å². The van der Waals surface area contributed by atoms with Crippen LogP contribution in [0.2, 0.25) is 0 Å². The molecule has 4 heteroatoms. The lowest BCUT2D eigenvalue weighted by atomic mass is 9.82. The molecule has 1 fully saturated rings. The van der Waals surface area contributed by atoms with Gasteiger partial charge in [-0.3, -0.25) is 4.90 Å². The first kappa shape index (κ1) is 15.5. The Balaban J connectivity index is 2.08. The number of ether oxygens (including phenoxy) is 1. The van der Waals surface area contributed by atoms with Gasteiger partial charge in [0.05, 0.1) is 12.6 Å². The molecule has 2 atom stereocenters. The number of aryl methyl sites for hydroxylation is 1. The van der Waals surface area contributed by atoms with E-state index in [9.17, 15) is 0 Å². The molecule has 1 aromatic heterocycles. The zero-order valence-electron chi connectivity index (χ0n) is 13.2. The SMILES string of the molecule is Cc1ccc(CN(C)C2(CN)CCOC(C(C)C)C2)o1. The third-order valence-electron chi connectivity index (χ3n) is 4.60. The van der Waals surface area contributed by atoms with E-state index in [1.807, 2.05) is 13.0 Å². The maximum absolute atomic E-state index is 6.13. The molecule has 1 aliphatic rings. The van der Waals surface area contributed by atoms with Crippen LogP contribution in [0, 0.1) is 12.8 Å². The van der Waals surface area contributed by atoms with Crippen LogP contribution < -0.4 is 5.73 Å². The van der Waals surface area contributed by atoms with Gasteiger partial charge in [0, 0.05) is 18.7 Å². The van der Waals surface area contributed by atoms with E-state index < -0.39 is 0 Å². The summed E-state index contributed by atoms with van der Waals surface area (Å²) in [6, 6.07) is 4.06. The smallest absolute Gasteiger partial charge is 0.118 e. The quantitative estimate of drug-likeness (QED) is 0.900. The van der Waals surface area contributed by atoms with Gasteiger partial charge in [0.15, 0.2) is 0 Å². The van der Waals surface area contributed by atoms with Crippen LogP contribution in [0.15, 0.2) is 16.5 Å². The van der Waals surface area contributed by atoms with Gasteiger partial charge in [0.25, 0.3) is 0 Å². The minimum atomic E-state index is 0.0217. The number of hydrogen-bond donors (Lipinski definition) is 1. The number of nitrogens with zero attached hydrogens (tertiary/aromatic N) is 1. The second kappa shape index (κ2) is 6.29. The Morgan fingerprint density at radius 2 is 2.20 bits per heavy atom. The second-order valence-electron chi connectivity index (χ2n) is 6.40. The van der Waals surface area contributed by atoms with E-state index in [0.717, 1.165) is 37.5 Å². The summed E-state index contributed by atoms with van der Waals surface area (Å²) in [5, 5.41) is 0. The van der Waals surface area contributed by atoms with E-state index in [-0.39, 0.29) is 5.54 Å². The minimum absolute atomic E-state index is 0.0217. The third kappa shape index (κ3) is 3.25. The number of hydrogen-bond acceptors (Lipinski definition) is 4. The zero-order chi connectivity index (χ0) is 14.8. The fourth-order valence-electron chi connectivity index (χ4n) is 3.02. The molecule has 0 bridgehead atoms. The summed E-state index contributed by atoms with van der Waals surface area (Å²) < 4.78 is 11.6. The van der Waals surface area contributed by atoms with Crippen LogP contribution in [-0.2, 0) is 11.3 Å². The van der Waals surface area contributed by atoms with E-state index in [0.29, 0.717) is 18.6 Å². The van der Waals surface area contributed by atoms with Crippen LogP contribution in [0.5, 0.6) is 0 Å². The zero-order valence-corrected chi connectivity index (χ0v) is 13.2. The monoisotopic (exact) mass is 280 g/mol. The lowest BCUT2D eigenvalue weighted by Crippen LogP contribution is -2.57. The normalized spacial score (nSPS) is 27.4. The van der Waals surface area contributed by atoms with Gasteiger partial charge in [-0.15, -0.1) is 0 Å². The molecule has 0 radical (unpaired) electrons. The van der Waals surface area contributed by atoms with Crippen LogP contribution in [0.3, 0.4) is 0 Å².